The van der Waals surface area contributed by atoms with Gasteiger partial charge >= 0.3 is 0 Å². The average molecular weight is 295 g/mol. The zero-order valence-corrected chi connectivity index (χ0v) is 13.1. The molecule has 0 spiro atoms. The Labute approximate surface area is 126 Å². The van der Waals surface area contributed by atoms with Crippen molar-refractivity contribution in [3.63, 3.8) is 0 Å². The summed E-state index contributed by atoms with van der Waals surface area (Å²) in [4.78, 5) is 4.28. The highest BCUT2D eigenvalue weighted by atomic mass is 19.1. The lowest BCUT2D eigenvalue weighted by Crippen LogP contribution is -2.34. The van der Waals surface area contributed by atoms with Gasteiger partial charge in [0.2, 0.25) is 0 Å². The van der Waals surface area contributed by atoms with E-state index in [9.17, 15) is 4.39 Å². The Balaban J connectivity index is 2.42. The van der Waals surface area contributed by atoms with E-state index in [2.05, 4.69) is 24.2 Å². The summed E-state index contributed by atoms with van der Waals surface area (Å²) in [5.41, 5.74) is 5.80. The average Bonchev–Trinajstić information content (AvgIpc) is 2.43. The second-order valence-corrected chi connectivity index (χ2v) is 5.44. The highest BCUT2D eigenvalue weighted by Gasteiger charge is 2.08. The molecule has 0 saturated heterocycles. The third-order valence-corrected chi connectivity index (χ3v) is 3.05. The van der Waals surface area contributed by atoms with Crippen LogP contribution in [0.2, 0.25) is 0 Å². The molecule has 118 valence electrons. The monoisotopic (exact) mass is 295 g/mol. The van der Waals surface area contributed by atoms with Crippen LogP contribution in [0.15, 0.2) is 29.3 Å². The minimum Gasteiger partial charge on any atom is -0.488 e. The molecule has 0 aliphatic carbocycles. The fourth-order valence-electron chi connectivity index (χ4n) is 1.73. The number of guanidine groups is 1. The summed E-state index contributed by atoms with van der Waals surface area (Å²) in [5, 5.41) is 3.08. The van der Waals surface area contributed by atoms with Gasteiger partial charge in [-0.05, 0) is 30.9 Å². The van der Waals surface area contributed by atoms with Gasteiger partial charge in [-0.25, -0.2) is 9.38 Å². The fourth-order valence-corrected chi connectivity index (χ4v) is 1.73. The Morgan fingerprint density at radius 3 is 2.81 bits per heavy atom. The van der Waals surface area contributed by atoms with Gasteiger partial charge in [0, 0.05) is 12.6 Å². The molecule has 1 aromatic carbocycles. The van der Waals surface area contributed by atoms with Gasteiger partial charge in [-0.1, -0.05) is 26.8 Å². The number of halogens is 1. The number of hydrogen-bond acceptors (Lipinski definition) is 2. The molecule has 0 aliphatic heterocycles. The minimum atomic E-state index is -0.305. The lowest BCUT2D eigenvalue weighted by atomic mass is 10.1. The molecule has 0 bridgehead atoms. The van der Waals surface area contributed by atoms with Gasteiger partial charge in [0.05, 0.1) is 6.54 Å². The molecule has 1 aromatic rings. The van der Waals surface area contributed by atoms with Crippen LogP contribution in [0.4, 0.5) is 4.39 Å². The standard InChI is InChI=1S/C16H26FN3O/c1-4-14(21-15-7-5-6-13(17)10-15)11-20-16(18)19-9-8-12(2)3/h5-7,10,12,14H,4,8-9,11H2,1-3H3,(H3,18,19,20). The highest BCUT2D eigenvalue weighted by molar-refractivity contribution is 5.77. The largest absolute Gasteiger partial charge is 0.488 e. The smallest absolute Gasteiger partial charge is 0.188 e. The van der Waals surface area contributed by atoms with Crippen molar-refractivity contribution in [3.05, 3.63) is 30.1 Å². The number of nitrogens with one attached hydrogen (secondary N) is 1. The number of nitrogens with zero attached hydrogens (tertiary/aromatic N) is 1. The van der Waals surface area contributed by atoms with Crippen LogP contribution in [0.5, 0.6) is 5.75 Å². The number of aliphatic imine (C=N–C) groups is 1. The van der Waals surface area contributed by atoms with Crippen molar-refractivity contribution in [2.75, 3.05) is 13.1 Å². The first-order valence-corrected chi connectivity index (χ1v) is 7.47. The molecule has 0 heterocycles. The fraction of sp³-hybridized carbons (Fsp3) is 0.562. The Hall–Kier alpha value is -1.78. The molecule has 0 saturated carbocycles. The van der Waals surface area contributed by atoms with Crippen LogP contribution in [-0.2, 0) is 0 Å². The van der Waals surface area contributed by atoms with E-state index in [-0.39, 0.29) is 11.9 Å². The zero-order chi connectivity index (χ0) is 15.7. The molecule has 1 rings (SSSR count). The normalized spacial score (nSPS) is 13.3. The number of ether oxygens (including phenoxy) is 1. The number of hydrogen-bond donors (Lipinski definition) is 2. The third-order valence-electron chi connectivity index (χ3n) is 3.05. The van der Waals surface area contributed by atoms with Crippen molar-refractivity contribution in [2.45, 2.75) is 39.7 Å². The Morgan fingerprint density at radius 1 is 1.43 bits per heavy atom. The molecule has 0 fully saturated rings. The first-order valence-electron chi connectivity index (χ1n) is 7.47. The maximum absolute atomic E-state index is 13.1. The summed E-state index contributed by atoms with van der Waals surface area (Å²) < 4.78 is 18.8. The molecule has 0 radical (unpaired) electrons. The minimum absolute atomic E-state index is 0.114. The van der Waals surface area contributed by atoms with Crippen molar-refractivity contribution in [1.29, 1.82) is 0 Å². The first-order chi connectivity index (χ1) is 10.0. The molecule has 5 heteroatoms. The van der Waals surface area contributed by atoms with E-state index < -0.39 is 0 Å². The summed E-state index contributed by atoms with van der Waals surface area (Å²) in [6, 6.07) is 6.13. The lowest BCUT2D eigenvalue weighted by Gasteiger charge is -2.16. The second kappa shape index (κ2) is 9.21. The molecule has 1 atom stereocenters. The van der Waals surface area contributed by atoms with E-state index in [1.54, 1.807) is 12.1 Å². The van der Waals surface area contributed by atoms with Gasteiger partial charge in [0.25, 0.3) is 0 Å². The molecular weight excluding hydrogens is 269 g/mol. The quantitative estimate of drug-likeness (QED) is 0.572. The van der Waals surface area contributed by atoms with E-state index in [0.29, 0.717) is 24.2 Å². The van der Waals surface area contributed by atoms with Crippen molar-refractivity contribution >= 4 is 5.96 Å². The third kappa shape index (κ3) is 7.54. The van der Waals surface area contributed by atoms with E-state index in [1.807, 2.05) is 6.92 Å². The molecular formula is C16H26FN3O. The van der Waals surface area contributed by atoms with Gasteiger partial charge in [0.15, 0.2) is 5.96 Å². The van der Waals surface area contributed by atoms with Crippen molar-refractivity contribution in [2.24, 2.45) is 16.6 Å². The van der Waals surface area contributed by atoms with E-state index in [0.717, 1.165) is 19.4 Å². The van der Waals surface area contributed by atoms with E-state index >= 15 is 0 Å². The predicted octanol–water partition coefficient (Wildman–Crippen LogP) is 2.93. The van der Waals surface area contributed by atoms with Gasteiger partial charge in [-0.3, -0.25) is 0 Å². The van der Waals surface area contributed by atoms with Crippen LogP contribution in [0.1, 0.15) is 33.6 Å². The maximum atomic E-state index is 13.1. The van der Waals surface area contributed by atoms with Crippen LogP contribution in [-0.4, -0.2) is 25.2 Å². The zero-order valence-electron chi connectivity index (χ0n) is 13.1. The summed E-state index contributed by atoms with van der Waals surface area (Å²) >= 11 is 0. The molecule has 0 amide bonds. The number of benzene rings is 1. The molecule has 3 N–H and O–H groups in total. The van der Waals surface area contributed by atoms with Gasteiger partial charge in [-0.15, -0.1) is 0 Å². The molecule has 0 aliphatic rings. The summed E-state index contributed by atoms with van der Waals surface area (Å²) in [6.45, 7) is 7.59. The predicted molar refractivity (Wildman–Crippen MR) is 85.1 cm³/mol. The molecule has 4 nitrogen and oxygen atoms in total. The van der Waals surface area contributed by atoms with Crippen molar-refractivity contribution in [3.8, 4) is 5.75 Å². The number of nitrogens with two attached hydrogens (primary N) is 1. The van der Waals surface area contributed by atoms with Crippen LogP contribution in [0, 0.1) is 11.7 Å². The Bertz CT molecular complexity index is 449. The molecule has 21 heavy (non-hydrogen) atoms. The second-order valence-electron chi connectivity index (χ2n) is 5.44. The highest BCUT2D eigenvalue weighted by Crippen LogP contribution is 2.15. The van der Waals surface area contributed by atoms with Gasteiger partial charge < -0.3 is 15.8 Å². The topological polar surface area (TPSA) is 59.6 Å². The Kier molecular flexibility index (Phi) is 7.58. The van der Waals surface area contributed by atoms with Crippen molar-refractivity contribution in [1.82, 2.24) is 5.32 Å². The Morgan fingerprint density at radius 2 is 2.19 bits per heavy atom. The van der Waals surface area contributed by atoms with Crippen molar-refractivity contribution < 1.29 is 9.13 Å². The summed E-state index contributed by atoms with van der Waals surface area (Å²) in [6.07, 6.45) is 1.71. The SMILES string of the molecule is CCC(CN=C(N)NCCC(C)C)Oc1cccc(F)c1. The van der Waals surface area contributed by atoms with E-state index in [1.165, 1.54) is 12.1 Å². The van der Waals surface area contributed by atoms with Crippen LogP contribution in [0.25, 0.3) is 0 Å². The van der Waals surface area contributed by atoms with Gasteiger partial charge in [-0.2, -0.15) is 0 Å². The first kappa shape index (κ1) is 17.3. The van der Waals surface area contributed by atoms with Crippen LogP contribution in [0.3, 0.4) is 0 Å². The van der Waals surface area contributed by atoms with Crippen LogP contribution >= 0.6 is 0 Å². The lowest BCUT2D eigenvalue weighted by molar-refractivity contribution is 0.205. The van der Waals surface area contributed by atoms with E-state index in [4.69, 9.17) is 10.5 Å². The van der Waals surface area contributed by atoms with Gasteiger partial charge in [0.1, 0.15) is 17.7 Å². The maximum Gasteiger partial charge on any atom is 0.188 e. The molecule has 1 unspecified atom stereocenters. The number of rotatable bonds is 8. The van der Waals surface area contributed by atoms with Crippen LogP contribution < -0.4 is 15.8 Å². The summed E-state index contributed by atoms with van der Waals surface area (Å²) in [5.74, 6) is 1.27. The molecule has 0 aromatic heterocycles. The summed E-state index contributed by atoms with van der Waals surface area (Å²) in [7, 11) is 0.